The van der Waals surface area contributed by atoms with Gasteiger partial charge in [-0.15, -0.1) is 0 Å². The predicted molar refractivity (Wildman–Crippen MR) is 112 cm³/mol. The van der Waals surface area contributed by atoms with E-state index in [0.717, 1.165) is 36.9 Å². The maximum absolute atomic E-state index is 12.2. The predicted octanol–water partition coefficient (Wildman–Crippen LogP) is 3.82. The largest absolute Gasteiger partial charge is 0.463 e. The zero-order valence-corrected chi connectivity index (χ0v) is 17.8. The van der Waals surface area contributed by atoms with E-state index in [0.29, 0.717) is 30.2 Å². The van der Waals surface area contributed by atoms with Gasteiger partial charge in [-0.25, -0.2) is 14.8 Å². The number of ether oxygens (including phenoxy) is 2. The Bertz CT molecular complexity index is 881. The van der Waals surface area contributed by atoms with E-state index in [1.807, 2.05) is 12.1 Å². The monoisotopic (exact) mass is 413 g/mol. The van der Waals surface area contributed by atoms with Crippen LogP contribution in [0.4, 0.5) is 5.82 Å². The second kappa shape index (κ2) is 9.43. The van der Waals surface area contributed by atoms with Crippen LogP contribution in [0.2, 0.25) is 0 Å². The molecule has 4 rings (SSSR count). The van der Waals surface area contributed by atoms with Gasteiger partial charge in [0.25, 0.3) is 0 Å². The molecule has 2 aromatic rings. The number of aromatic nitrogens is 3. The minimum Gasteiger partial charge on any atom is -0.463 e. The van der Waals surface area contributed by atoms with Crippen molar-refractivity contribution in [1.82, 2.24) is 14.6 Å². The molecule has 30 heavy (non-hydrogen) atoms. The molecule has 1 aliphatic carbocycles. The summed E-state index contributed by atoms with van der Waals surface area (Å²) in [6, 6.07) is 3.89. The van der Waals surface area contributed by atoms with E-state index in [4.69, 9.17) is 20.5 Å². The molecule has 2 atom stereocenters. The van der Waals surface area contributed by atoms with Gasteiger partial charge in [0.15, 0.2) is 5.82 Å². The van der Waals surface area contributed by atoms with Crippen molar-refractivity contribution < 1.29 is 14.3 Å². The summed E-state index contributed by atoms with van der Waals surface area (Å²) >= 11 is 0. The molecule has 0 bridgehead atoms. The van der Waals surface area contributed by atoms with Crippen LogP contribution in [0.15, 0.2) is 18.5 Å². The molecule has 0 spiro atoms. The van der Waals surface area contributed by atoms with Crippen molar-refractivity contribution in [1.29, 1.82) is 5.26 Å². The van der Waals surface area contributed by atoms with Crippen LogP contribution in [-0.2, 0) is 14.3 Å². The number of hydrogen-bond donors (Lipinski definition) is 1. The van der Waals surface area contributed by atoms with Crippen molar-refractivity contribution in [3.63, 3.8) is 0 Å². The van der Waals surface area contributed by atoms with Crippen LogP contribution < -0.4 is 5.73 Å². The third-order valence-electron chi connectivity index (χ3n) is 6.29. The van der Waals surface area contributed by atoms with Crippen LogP contribution in [0.25, 0.3) is 5.52 Å². The SMILES string of the molecule is C#N.CC1(C)CCC(CC(=O)OCC2CCC(c3ccc4c(N)ncnn34)O2)CC1. The van der Waals surface area contributed by atoms with Crippen molar-refractivity contribution in [2.45, 2.75) is 71.0 Å². The zero-order chi connectivity index (χ0) is 21.7. The van der Waals surface area contributed by atoms with Gasteiger partial charge in [-0.05, 0) is 62.0 Å². The Morgan fingerprint density at radius 3 is 2.77 bits per heavy atom. The lowest BCUT2D eigenvalue weighted by atomic mass is 9.72. The number of nitrogen functional groups attached to an aromatic ring is 1. The minimum atomic E-state index is -0.0922. The summed E-state index contributed by atoms with van der Waals surface area (Å²) in [7, 11) is 0. The molecule has 162 valence electrons. The molecule has 1 saturated heterocycles. The second-order valence-electron chi connectivity index (χ2n) is 9.02. The van der Waals surface area contributed by atoms with E-state index in [1.54, 1.807) is 4.52 Å². The molecule has 2 aromatic heterocycles. The zero-order valence-electron chi connectivity index (χ0n) is 17.8. The maximum Gasteiger partial charge on any atom is 0.306 e. The van der Waals surface area contributed by atoms with Gasteiger partial charge in [0, 0.05) is 13.0 Å². The average molecular weight is 414 g/mol. The maximum atomic E-state index is 12.2. The molecule has 0 aromatic carbocycles. The fourth-order valence-electron chi connectivity index (χ4n) is 4.41. The molecule has 3 heterocycles. The van der Waals surface area contributed by atoms with E-state index >= 15 is 0 Å². The highest BCUT2D eigenvalue weighted by molar-refractivity contribution is 5.69. The Hall–Kier alpha value is -2.66. The van der Waals surface area contributed by atoms with Crippen LogP contribution in [0.5, 0.6) is 0 Å². The first-order chi connectivity index (χ1) is 14.4. The molecular formula is C22H31N5O3. The molecule has 2 unspecified atom stereocenters. The van der Waals surface area contributed by atoms with Gasteiger partial charge < -0.3 is 15.2 Å². The normalized spacial score (nSPS) is 23.6. The van der Waals surface area contributed by atoms with E-state index in [-0.39, 0.29) is 18.2 Å². The number of carbonyl (C=O) groups is 1. The third-order valence-corrected chi connectivity index (χ3v) is 6.29. The number of nitriles is 1. The van der Waals surface area contributed by atoms with E-state index in [1.165, 1.54) is 19.2 Å². The summed E-state index contributed by atoms with van der Waals surface area (Å²) < 4.78 is 13.4. The molecule has 1 aliphatic heterocycles. The quantitative estimate of drug-likeness (QED) is 0.741. The average Bonchev–Trinajstić information content (AvgIpc) is 3.37. The highest BCUT2D eigenvalue weighted by atomic mass is 16.6. The van der Waals surface area contributed by atoms with Gasteiger partial charge in [-0.1, -0.05) is 13.8 Å². The Kier molecular flexibility index (Phi) is 6.93. The molecule has 2 aliphatic rings. The van der Waals surface area contributed by atoms with Gasteiger partial charge in [-0.2, -0.15) is 5.10 Å². The molecule has 1 saturated carbocycles. The Morgan fingerprint density at radius 1 is 1.30 bits per heavy atom. The van der Waals surface area contributed by atoms with E-state index < -0.39 is 0 Å². The van der Waals surface area contributed by atoms with Crippen LogP contribution >= 0.6 is 0 Å². The lowest BCUT2D eigenvalue weighted by molar-refractivity contribution is -0.149. The van der Waals surface area contributed by atoms with E-state index in [2.05, 4.69) is 30.5 Å². The number of anilines is 1. The standard InChI is InChI=1S/C21H30N4O3.CHN/c1-21(2)9-7-14(8-10-21)11-19(26)27-12-15-3-6-18(28-15)16-4-5-17-20(22)23-13-24-25(16)17;1-2/h4-5,13-15,18H,3,6-12H2,1-2H3,(H2,22,23,24);1H. The van der Waals surface area contributed by atoms with Crippen LogP contribution in [0.1, 0.15) is 70.6 Å². The number of fused-ring (bicyclic) bond motifs is 1. The first-order valence-corrected chi connectivity index (χ1v) is 10.6. The van der Waals surface area contributed by atoms with Crippen molar-refractivity contribution in [3.8, 4) is 6.57 Å². The second-order valence-corrected chi connectivity index (χ2v) is 9.02. The molecule has 2 fully saturated rings. The van der Waals surface area contributed by atoms with E-state index in [9.17, 15) is 4.79 Å². The number of hydrogen-bond acceptors (Lipinski definition) is 7. The minimum absolute atomic E-state index is 0.0658. The summed E-state index contributed by atoms with van der Waals surface area (Å²) in [6.45, 7) is 8.45. The molecule has 0 amide bonds. The van der Waals surface area contributed by atoms with Gasteiger partial charge in [0.2, 0.25) is 0 Å². The van der Waals surface area contributed by atoms with Crippen molar-refractivity contribution in [2.24, 2.45) is 11.3 Å². The molecule has 2 N–H and O–H groups in total. The number of esters is 1. The van der Waals surface area contributed by atoms with Crippen molar-refractivity contribution in [2.75, 3.05) is 12.3 Å². The Morgan fingerprint density at radius 2 is 2.03 bits per heavy atom. The topological polar surface area (TPSA) is 116 Å². The molecular weight excluding hydrogens is 382 g/mol. The Balaban J connectivity index is 0.00000124. The van der Waals surface area contributed by atoms with Crippen molar-refractivity contribution in [3.05, 3.63) is 24.2 Å². The molecule has 8 nitrogen and oxygen atoms in total. The molecule has 0 radical (unpaired) electrons. The summed E-state index contributed by atoms with van der Waals surface area (Å²) in [4.78, 5) is 16.3. The van der Waals surface area contributed by atoms with Crippen LogP contribution in [-0.4, -0.2) is 33.3 Å². The highest BCUT2D eigenvalue weighted by Gasteiger charge is 2.31. The first kappa shape index (κ1) is 22.0. The summed E-state index contributed by atoms with van der Waals surface area (Å²) in [5.74, 6) is 0.830. The summed E-state index contributed by atoms with van der Waals surface area (Å²) in [6.07, 6.45) is 8.21. The van der Waals surface area contributed by atoms with Gasteiger partial charge in [0.05, 0.1) is 11.8 Å². The fraction of sp³-hybridized carbons (Fsp3) is 0.636. The molecule has 8 heteroatoms. The lowest BCUT2D eigenvalue weighted by Crippen LogP contribution is -2.25. The number of nitrogens with zero attached hydrogens (tertiary/aromatic N) is 4. The fourth-order valence-corrected chi connectivity index (χ4v) is 4.41. The van der Waals surface area contributed by atoms with Gasteiger partial charge in [-0.3, -0.25) is 4.79 Å². The third kappa shape index (κ3) is 5.08. The lowest BCUT2D eigenvalue weighted by Gasteiger charge is -2.33. The van der Waals surface area contributed by atoms with Gasteiger partial charge in [0.1, 0.15) is 24.6 Å². The van der Waals surface area contributed by atoms with Crippen LogP contribution in [0.3, 0.4) is 0 Å². The number of rotatable bonds is 5. The van der Waals surface area contributed by atoms with Crippen LogP contribution in [0, 0.1) is 23.2 Å². The highest BCUT2D eigenvalue weighted by Crippen LogP contribution is 2.39. The first-order valence-electron chi connectivity index (χ1n) is 10.6. The Labute approximate surface area is 177 Å². The summed E-state index contributed by atoms with van der Waals surface area (Å²) in [5.41, 5.74) is 8.06. The smallest absolute Gasteiger partial charge is 0.306 e. The summed E-state index contributed by atoms with van der Waals surface area (Å²) in [5, 5.41) is 10.8. The van der Waals surface area contributed by atoms with Crippen molar-refractivity contribution >= 4 is 17.3 Å². The van der Waals surface area contributed by atoms with Gasteiger partial charge >= 0.3 is 5.97 Å². The number of carbonyl (C=O) groups excluding carboxylic acids is 1. The number of nitrogens with two attached hydrogens (primary N) is 1.